The summed E-state index contributed by atoms with van der Waals surface area (Å²) in [7, 11) is 0.788. The molecule has 0 amide bonds. The van der Waals surface area contributed by atoms with Crippen molar-refractivity contribution < 1.29 is 14.1 Å². The number of methoxy groups -OCH3 is 1. The normalized spacial score (nSPS) is 15.8. The van der Waals surface area contributed by atoms with Crippen molar-refractivity contribution in [3.8, 4) is 11.5 Å². The Morgan fingerprint density at radius 1 is 1.42 bits per heavy atom. The van der Waals surface area contributed by atoms with Crippen LogP contribution in [0.3, 0.4) is 0 Å². The van der Waals surface area contributed by atoms with Gasteiger partial charge in [-0.1, -0.05) is 13.0 Å². The molecule has 1 aromatic carbocycles. The fourth-order valence-corrected chi connectivity index (χ4v) is 2.25. The second-order valence-corrected chi connectivity index (χ2v) is 6.50. The molecule has 4 nitrogen and oxygen atoms in total. The number of hydrogen-bond acceptors (Lipinski definition) is 4. The molecule has 0 aliphatic heterocycles. The van der Waals surface area contributed by atoms with E-state index in [1.165, 1.54) is 0 Å². The largest absolute Gasteiger partial charge is 0.507 e. The van der Waals surface area contributed by atoms with Gasteiger partial charge in [0.15, 0.2) is 0 Å². The van der Waals surface area contributed by atoms with Crippen LogP contribution in [0.2, 0.25) is 0 Å². The van der Waals surface area contributed by atoms with Gasteiger partial charge >= 0.3 is 0 Å². The third-order valence-electron chi connectivity index (χ3n) is 3.27. The molecular weight excluding hydrogens is 262 g/mol. The van der Waals surface area contributed by atoms with Crippen LogP contribution >= 0.6 is 0 Å². The molecule has 0 saturated heterocycles. The smallest absolute Gasteiger partial charge is 0.124 e. The average molecular weight is 285 g/mol. The van der Waals surface area contributed by atoms with Gasteiger partial charge in [0.2, 0.25) is 0 Å². The van der Waals surface area contributed by atoms with Gasteiger partial charge in [-0.2, -0.15) is 0 Å². The SMILES string of the molecule is COc1ccc(C(C)NCCC(C)S(C)=O)c(O)c1. The first-order valence-electron chi connectivity index (χ1n) is 6.38. The number of aromatic hydroxyl groups is 1. The van der Waals surface area contributed by atoms with E-state index in [2.05, 4.69) is 5.32 Å². The van der Waals surface area contributed by atoms with Crippen LogP contribution in [-0.4, -0.2) is 34.5 Å². The van der Waals surface area contributed by atoms with Gasteiger partial charge in [0.1, 0.15) is 11.5 Å². The Bertz CT molecular complexity index is 437. The molecule has 0 bridgehead atoms. The summed E-state index contributed by atoms with van der Waals surface area (Å²) in [6, 6.07) is 5.34. The highest BCUT2D eigenvalue weighted by Crippen LogP contribution is 2.28. The third-order valence-corrected chi connectivity index (χ3v) is 4.64. The van der Waals surface area contributed by atoms with E-state index in [0.29, 0.717) is 5.75 Å². The summed E-state index contributed by atoms with van der Waals surface area (Å²) >= 11 is 0. The average Bonchev–Trinajstić information content (AvgIpc) is 2.37. The molecule has 1 aromatic rings. The number of ether oxygens (including phenoxy) is 1. The maximum Gasteiger partial charge on any atom is 0.124 e. The van der Waals surface area contributed by atoms with Crippen LogP contribution in [0.4, 0.5) is 0 Å². The van der Waals surface area contributed by atoms with Gasteiger partial charge in [0, 0.05) is 40.0 Å². The number of rotatable bonds is 7. The van der Waals surface area contributed by atoms with Crippen molar-refractivity contribution in [3.05, 3.63) is 23.8 Å². The monoisotopic (exact) mass is 285 g/mol. The minimum atomic E-state index is -0.784. The Balaban J connectivity index is 2.54. The summed E-state index contributed by atoms with van der Waals surface area (Å²) < 4.78 is 16.3. The Kier molecular flexibility index (Phi) is 6.31. The Labute approximate surface area is 117 Å². The lowest BCUT2D eigenvalue weighted by Crippen LogP contribution is -2.24. The molecule has 19 heavy (non-hydrogen) atoms. The maximum atomic E-state index is 11.2. The van der Waals surface area contributed by atoms with Gasteiger partial charge in [0.25, 0.3) is 0 Å². The number of phenolic OH excluding ortho intramolecular Hbond substituents is 1. The van der Waals surface area contributed by atoms with Gasteiger partial charge in [-0.15, -0.1) is 0 Å². The van der Waals surface area contributed by atoms with E-state index in [1.54, 1.807) is 19.4 Å². The number of nitrogens with one attached hydrogen (secondary N) is 1. The van der Waals surface area contributed by atoms with Crippen molar-refractivity contribution >= 4 is 10.8 Å². The first-order valence-corrected chi connectivity index (χ1v) is 8.00. The third kappa shape index (κ3) is 4.84. The van der Waals surface area contributed by atoms with E-state index in [-0.39, 0.29) is 17.0 Å². The molecule has 3 unspecified atom stereocenters. The van der Waals surface area contributed by atoms with Crippen LogP contribution in [-0.2, 0) is 10.8 Å². The summed E-state index contributed by atoms with van der Waals surface area (Å²) in [5.41, 5.74) is 0.839. The molecule has 0 aromatic heterocycles. The van der Waals surface area contributed by atoms with E-state index < -0.39 is 10.8 Å². The van der Waals surface area contributed by atoms with Gasteiger partial charge < -0.3 is 15.2 Å². The lowest BCUT2D eigenvalue weighted by atomic mass is 10.1. The fourth-order valence-electron chi connectivity index (χ4n) is 1.80. The molecule has 0 fully saturated rings. The number of hydrogen-bond donors (Lipinski definition) is 2. The summed E-state index contributed by atoms with van der Waals surface area (Å²) in [6.45, 7) is 4.75. The molecule has 0 radical (unpaired) electrons. The second kappa shape index (κ2) is 7.50. The molecule has 3 atom stereocenters. The molecule has 0 aliphatic carbocycles. The van der Waals surface area contributed by atoms with Crippen molar-refractivity contribution in [2.45, 2.75) is 31.6 Å². The molecule has 0 heterocycles. The van der Waals surface area contributed by atoms with Crippen molar-refractivity contribution in [2.75, 3.05) is 19.9 Å². The van der Waals surface area contributed by atoms with E-state index >= 15 is 0 Å². The molecule has 0 saturated carbocycles. The summed E-state index contributed by atoms with van der Waals surface area (Å²) in [4.78, 5) is 0. The van der Waals surface area contributed by atoms with E-state index in [4.69, 9.17) is 4.74 Å². The zero-order valence-electron chi connectivity index (χ0n) is 12.0. The summed E-state index contributed by atoms with van der Waals surface area (Å²) in [5.74, 6) is 0.870. The van der Waals surface area contributed by atoms with Crippen LogP contribution < -0.4 is 10.1 Å². The lowest BCUT2D eigenvalue weighted by Gasteiger charge is -2.17. The van der Waals surface area contributed by atoms with Gasteiger partial charge in [-0.3, -0.25) is 4.21 Å². The molecule has 108 valence electrons. The Morgan fingerprint density at radius 3 is 2.63 bits per heavy atom. The fraction of sp³-hybridized carbons (Fsp3) is 0.571. The zero-order chi connectivity index (χ0) is 14.4. The van der Waals surface area contributed by atoms with Crippen molar-refractivity contribution in [3.63, 3.8) is 0 Å². The predicted molar refractivity (Wildman–Crippen MR) is 79.2 cm³/mol. The molecule has 0 aliphatic rings. The van der Waals surface area contributed by atoms with Crippen molar-refractivity contribution in [1.29, 1.82) is 0 Å². The van der Waals surface area contributed by atoms with Gasteiger partial charge in [-0.05, 0) is 26.0 Å². The van der Waals surface area contributed by atoms with Gasteiger partial charge in [-0.25, -0.2) is 0 Å². The highest BCUT2D eigenvalue weighted by molar-refractivity contribution is 7.84. The maximum absolute atomic E-state index is 11.2. The minimum Gasteiger partial charge on any atom is -0.507 e. The second-order valence-electron chi connectivity index (χ2n) is 4.70. The highest BCUT2D eigenvalue weighted by atomic mass is 32.2. The predicted octanol–water partition coefficient (Wildman–Crippen LogP) is 2.21. The first-order chi connectivity index (χ1) is 8.95. The first kappa shape index (κ1) is 16.0. The van der Waals surface area contributed by atoms with Crippen LogP contribution in [0.5, 0.6) is 11.5 Å². The molecular formula is C14H23NO3S. The van der Waals surface area contributed by atoms with E-state index in [0.717, 1.165) is 18.5 Å². The highest BCUT2D eigenvalue weighted by Gasteiger charge is 2.12. The minimum absolute atomic E-state index is 0.0448. The molecule has 1 rings (SSSR count). The van der Waals surface area contributed by atoms with Crippen molar-refractivity contribution in [2.24, 2.45) is 0 Å². The van der Waals surface area contributed by atoms with Crippen LogP contribution in [0.15, 0.2) is 18.2 Å². The van der Waals surface area contributed by atoms with Crippen LogP contribution in [0, 0.1) is 0 Å². The van der Waals surface area contributed by atoms with Gasteiger partial charge in [0.05, 0.1) is 7.11 Å². The summed E-state index contributed by atoms with van der Waals surface area (Å²) in [5, 5.41) is 13.4. The molecule has 5 heteroatoms. The Hall–Kier alpha value is -1.07. The Morgan fingerprint density at radius 2 is 2.11 bits per heavy atom. The number of benzene rings is 1. The standard InChI is InChI=1S/C14H23NO3S/c1-10(19(4)17)7-8-15-11(2)13-6-5-12(18-3)9-14(13)16/h5-6,9-11,15-16H,7-8H2,1-4H3. The lowest BCUT2D eigenvalue weighted by molar-refractivity contribution is 0.404. The number of phenols is 1. The van der Waals surface area contributed by atoms with Crippen molar-refractivity contribution in [1.82, 2.24) is 5.32 Å². The van der Waals surface area contributed by atoms with Crippen LogP contribution in [0.1, 0.15) is 31.9 Å². The van der Waals surface area contributed by atoms with E-state index in [9.17, 15) is 9.32 Å². The quantitative estimate of drug-likeness (QED) is 0.806. The van der Waals surface area contributed by atoms with E-state index in [1.807, 2.05) is 26.0 Å². The summed E-state index contributed by atoms with van der Waals surface area (Å²) in [6.07, 6.45) is 2.58. The molecule has 0 spiro atoms. The zero-order valence-corrected chi connectivity index (χ0v) is 12.8. The topological polar surface area (TPSA) is 58.6 Å². The molecule has 2 N–H and O–H groups in total. The van der Waals surface area contributed by atoms with Crippen LogP contribution in [0.25, 0.3) is 0 Å².